The summed E-state index contributed by atoms with van der Waals surface area (Å²) in [7, 11) is 0. The molecule has 0 aliphatic heterocycles. The minimum atomic E-state index is -0.903. The largest absolute Gasteiger partial charge is 0.481 e. The minimum Gasteiger partial charge on any atom is -0.481 e. The van der Waals surface area contributed by atoms with Gasteiger partial charge < -0.3 is 10.4 Å². The van der Waals surface area contributed by atoms with Crippen molar-refractivity contribution in [2.24, 2.45) is 11.8 Å². The third kappa shape index (κ3) is 4.37. The van der Waals surface area contributed by atoms with Crippen LogP contribution in [0.1, 0.15) is 39.2 Å². The molecule has 110 valence electrons. The predicted octanol–water partition coefficient (Wildman–Crippen LogP) is 3.32. The molecule has 0 heterocycles. The van der Waals surface area contributed by atoms with Crippen LogP contribution in [0.2, 0.25) is 0 Å². The second-order valence-corrected chi connectivity index (χ2v) is 5.08. The number of carbonyl (C=O) groups is 2. The van der Waals surface area contributed by atoms with Crippen molar-refractivity contribution in [1.29, 1.82) is 0 Å². The zero-order chi connectivity index (χ0) is 15.1. The van der Waals surface area contributed by atoms with E-state index in [1.54, 1.807) is 24.3 Å². The number of anilines is 1. The van der Waals surface area contributed by atoms with Gasteiger partial charge in [-0.3, -0.25) is 9.59 Å². The summed E-state index contributed by atoms with van der Waals surface area (Å²) in [5.74, 6) is -0.680. The number of amides is 1. The number of benzene rings is 1. The first-order valence-electron chi connectivity index (χ1n) is 7.10. The van der Waals surface area contributed by atoms with Crippen LogP contribution in [0, 0.1) is 11.8 Å². The summed E-state index contributed by atoms with van der Waals surface area (Å²) in [6, 6.07) is 7.04. The summed E-state index contributed by atoms with van der Waals surface area (Å²) in [4.78, 5) is 23.1. The van der Waals surface area contributed by atoms with E-state index in [0.29, 0.717) is 17.2 Å². The fraction of sp³-hybridized carbons (Fsp3) is 0.500. The Labute approximate surface area is 120 Å². The molecule has 0 fully saturated rings. The molecule has 4 nitrogen and oxygen atoms in total. The molecule has 0 saturated heterocycles. The van der Waals surface area contributed by atoms with Crippen molar-refractivity contribution in [3.05, 3.63) is 29.8 Å². The lowest BCUT2D eigenvalue weighted by atomic mass is 9.88. The molecule has 0 aliphatic carbocycles. The van der Waals surface area contributed by atoms with Crippen molar-refractivity contribution < 1.29 is 14.7 Å². The van der Waals surface area contributed by atoms with Gasteiger partial charge in [-0.25, -0.2) is 0 Å². The third-order valence-electron chi connectivity index (χ3n) is 3.79. The van der Waals surface area contributed by atoms with Crippen LogP contribution in [-0.2, 0) is 16.0 Å². The van der Waals surface area contributed by atoms with Crippen LogP contribution < -0.4 is 5.32 Å². The maximum absolute atomic E-state index is 12.3. The third-order valence-corrected chi connectivity index (χ3v) is 3.79. The average molecular weight is 277 g/mol. The molecule has 0 aliphatic rings. The molecular formula is C16H23NO3. The Morgan fingerprint density at radius 2 is 1.80 bits per heavy atom. The SMILES string of the molecule is CCC(CC)C(C)C(=O)Nc1ccccc1CC(=O)O. The predicted molar refractivity (Wildman–Crippen MR) is 79.6 cm³/mol. The summed E-state index contributed by atoms with van der Waals surface area (Å²) in [6.07, 6.45) is 1.83. The Morgan fingerprint density at radius 1 is 1.20 bits per heavy atom. The first-order chi connectivity index (χ1) is 9.49. The van der Waals surface area contributed by atoms with Gasteiger partial charge in [0.2, 0.25) is 5.91 Å². The molecule has 1 aromatic rings. The van der Waals surface area contributed by atoms with Crippen LogP contribution in [0.5, 0.6) is 0 Å². The lowest BCUT2D eigenvalue weighted by Crippen LogP contribution is -2.27. The van der Waals surface area contributed by atoms with Crippen molar-refractivity contribution in [3.8, 4) is 0 Å². The van der Waals surface area contributed by atoms with E-state index in [1.807, 2.05) is 6.92 Å². The van der Waals surface area contributed by atoms with Crippen molar-refractivity contribution in [2.45, 2.75) is 40.0 Å². The molecule has 1 unspecified atom stereocenters. The van der Waals surface area contributed by atoms with Gasteiger partial charge in [-0.15, -0.1) is 0 Å². The standard InChI is InChI=1S/C16H23NO3/c1-4-12(5-2)11(3)16(20)17-14-9-7-6-8-13(14)10-15(18)19/h6-9,11-12H,4-5,10H2,1-3H3,(H,17,20)(H,18,19). The zero-order valence-electron chi connectivity index (χ0n) is 12.3. The van der Waals surface area contributed by atoms with Crippen molar-refractivity contribution in [3.63, 3.8) is 0 Å². The Balaban J connectivity index is 2.82. The number of para-hydroxylation sites is 1. The first kappa shape index (κ1) is 16.2. The molecule has 0 spiro atoms. The second-order valence-electron chi connectivity index (χ2n) is 5.08. The van der Waals surface area contributed by atoms with Crippen molar-refractivity contribution in [2.75, 3.05) is 5.32 Å². The summed E-state index contributed by atoms with van der Waals surface area (Å²) in [5.41, 5.74) is 1.22. The van der Waals surface area contributed by atoms with Gasteiger partial charge >= 0.3 is 5.97 Å². The van der Waals surface area contributed by atoms with Gasteiger partial charge in [0.1, 0.15) is 0 Å². The molecule has 0 bridgehead atoms. The number of carboxylic acids is 1. The molecule has 1 atom stereocenters. The Hall–Kier alpha value is -1.84. The van der Waals surface area contributed by atoms with E-state index in [-0.39, 0.29) is 18.2 Å². The number of rotatable bonds is 7. The average Bonchev–Trinajstić information content (AvgIpc) is 2.41. The van der Waals surface area contributed by atoms with Gasteiger partial charge in [0.25, 0.3) is 0 Å². The fourth-order valence-electron chi connectivity index (χ4n) is 2.42. The number of aliphatic carboxylic acids is 1. The van der Waals surface area contributed by atoms with E-state index >= 15 is 0 Å². The Morgan fingerprint density at radius 3 is 2.35 bits per heavy atom. The molecule has 0 saturated carbocycles. The van der Waals surface area contributed by atoms with Gasteiger partial charge in [-0.1, -0.05) is 51.8 Å². The Kier molecular flexibility index (Phi) is 6.22. The molecule has 2 N–H and O–H groups in total. The monoisotopic (exact) mass is 277 g/mol. The van der Waals surface area contributed by atoms with Gasteiger partial charge in [-0.2, -0.15) is 0 Å². The normalized spacial score (nSPS) is 12.2. The zero-order valence-corrected chi connectivity index (χ0v) is 12.3. The highest BCUT2D eigenvalue weighted by molar-refractivity contribution is 5.93. The summed E-state index contributed by atoms with van der Waals surface area (Å²) >= 11 is 0. The van der Waals surface area contributed by atoms with Crippen LogP contribution in [0.15, 0.2) is 24.3 Å². The summed E-state index contributed by atoms with van der Waals surface area (Å²) < 4.78 is 0. The van der Waals surface area contributed by atoms with Crippen LogP contribution in [0.25, 0.3) is 0 Å². The topological polar surface area (TPSA) is 66.4 Å². The van der Waals surface area contributed by atoms with Crippen LogP contribution in [0.3, 0.4) is 0 Å². The smallest absolute Gasteiger partial charge is 0.307 e. The highest BCUT2D eigenvalue weighted by atomic mass is 16.4. The Bertz CT molecular complexity index is 467. The molecule has 1 amide bonds. The van der Waals surface area contributed by atoms with Crippen molar-refractivity contribution in [1.82, 2.24) is 0 Å². The quantitative estimate of drug-likeness (QED) is 0.803. The number of carbonyl (C=O) groups excluding carboxylic acids is 1. The van der Waals surface area contributed by atoms with Crippen LogP contribution in [0.4, 0.5) is 5.69 Å². The lowest BCUT2D eigenvalue weighted by molar-refractivity contribution is -0.136. The van der Waals surface area contributed by atoms with E-state index in [4.69, 9.17) is 5.11 Å². The van der Waals surface area contributed by atoms with Crippen LogP contribution >= 0.6 is 0 Å². The van der Waals surface area contributed by atoms with Gasteiger partial charge in [0.05, 0.1) is 6.42 Å². The highest BCUT2D eigenvalue weighted by Crippen LogP contribution is 2.22. The molecule has 20 heavy (non-hydrogen) atoms. The van der Waals surface area contributed by atoms with E-state index in [0.717, 1.165) is 12.8 Å². The molecule has 1 aromatic carbocycles. The lowest BCUT2D eigenvalue weighted by Gasteiger charge is -2.21. The summed E-state index contributed by atoms with van der Waals surface area (Å²) in [5, 5.41) is 11.7. The number of nitrogens with one attached hydrogen (secondary N) is 1. The number of carboxylic acid groups (broad SMARTS) is 1. The molecule has 1 rings (SSSR count). The van der Waals surface area contributed by atoms with E-state index in [2.05, 4.69) is 19.2 Å². The van der Waals surface area contributed by atoms with E-state index in [1.165, 1.54) is 0 Å². The molecular weight excluding hydrogens is 254 g/mol. The highest BCUT2D eigenvalue weighted by Gasteiger charge is 2.21. The molecule has 0 radical (unpaired) electrons. The molecule has 4 heteroatoms. The maximum Gasteiger partial charge on any atom is 0.307 e. The van der Waals surface area contributed by atoms with Gasteiger partial charge in [-0.05, 0) is 17.5 Å². The molecule has 0 aromatic heterocycles. The number of hydrogen-bond acceptors (Lipinski definition) is 2. The van der Waals surface area contributed by atoms with Gasteiger partial charge in [0.15, 0.2) is 0 Å². The number of hydrogen-bond donors (Lipinski definition) is 2. The first-order valence-corrected chi connectivity index (χ1v) is 7.10. The summed E-state index contributed by atoms with van der Waals surface area (Å²) in [6.45, 7) is 6.08. The van der Waals surface area contributed by atoms with Crippen molar-refractivity contribution >= 4 is 17.6 Å². The minimum absolute atomic E-state index is 0.0449. The fourth-order valence-corrected chi connectivity index (χ4v) is 2.42. The van der Waals surface area contributed by atoms with Gasteiger partial charge in [0, 0.05) is 11.6 Å². The second kappa shape index (κ2) is 7.68. The van der Waals surface area contributed by atoms with E-state index < -0.39 is 5.97 Å². The van der Waals surface area contributed by atoms with E-state index in [9.17, 15) is 9.59 Å². The maximum atomic E-state index is 12.3. The van der Waals surface area contributed by atoms with Crippen LogP contribution in [-0.4, -0.2) is 17.0 Å².